The van der Waals surface area contributed by atoms with Gasteiger partial charge in [0.2, 0.25) is 23.6 Å². The molecular weight excluding hydrogens is 1030 g/mol. The Morgan fingerprint density at radius 1 is 0.790 bits per heavy atom. The van der Waals surface area contributed by atoms with Gasteiger partial charge in [-0.2, -0.15) is 0 Å². The van der Waals surface area contributed by atoms with Crippen LogP contribution in [0.3, 0.4) is 0 Å². The number of imidazole rings is 1. The SMILES string of the molecule is CC(C)[C@@H](C(=O)N1C[C@H](O)C[C@H]1C(=O)N[C@@H](C)c1ccc(-n2ccnc2N)cc1)c1cc(N2CCC(CN3CCC(O[C@H]4C[C@H](Oc5cc(N6C7CCC6CN(c6cc(-c8ccccc8O)nnc6N)C7)ccn5)C4)CC3)CC2)no1. The number of phenols is 1. The minimum absolute atomic E-state index is 0.0687. The molecule has 428 valence electrons. The van der Waals surface area contributed by atoms with Crippen molar-refractivity contribution in [3.8, 4) is 28.6 Å². The molecule has 81 heavy (non-hydrogen) atoms. The zero-order valence-electron chi connectivity index (χ0n) is 46.5. The van der Waals surface area contributed by atoms with Crippen LogP contribution in [0.25, 0.3) is 16.9 Å². The molecule has 6 atom stereocenters. The van der Waals surface area contributed by atoms with Gasteiger partial charge in [-0.15, -0.1) is 10.2 Å². The van der Waals surface area contributed by atoms with Crippen LogP contribution in [-0.4, -0.2) is 157 Å². The van der Waals surface area contributed by atoms with Gasteiger partial charge in [0.05, 0.1) is 35.7 Å². The first-order valence-corrected chi connectivity index (χ1v) is 29.1. The van der Waals surface area contributed by atoms with Crippen LogP contribution >= 0.6 is 0 Å². The molecule has 2 unspecified atom stereocenters. The number of aliphatic hydroxyl groups excluding tert-OH is 1. The average molecular weight is 1110 g/mol. The lowest BCUT2D eigenvalue weighted by atomic mass is 9.91. The van der Waals surface area contributed by atoms with Crippen LogP contribution < -0.4 is 36.2 Å². The third-order valence-corrected chi connectivity index (χ3v) is 17.9. The normalized spacial score (nSPS) is 24.4. The number of aliphatic hydroxyl groups is 1. The molecule has 6 aliphatic rings. The number of amides is 2. The number of pyridine rings is 1. The molecule has 21 heteroatoms. The molecule has 6 aromatic rings. The summed E-state index contributed by atoms with van der Waals surface area (Å²) in [7, 11) is 0. The molecule has 12 rings (SSSR count). The smallest absolute Gasteiger partial charge is 0.243 e. The Kier molecular flexibility index (Phi) is 15.5. The largest absolute Gasteiger partial charge is 0.507 e. The van der Waals surface area contributed by atoms with Gasteiger partial charge in [-0.25, -0.2) is 9.97 Å². The van der Waals surface area contributed by atoms with Crippen molar-refractivity contribution in [1.82, 2.24) is 45.0 Å². The van der Waals surface area contributed by atoms with Crippen molar-refractivity contribution in [2.45, 2.75) is 133 Å². The summed E-state index contributed by atoms with van der Waals surface area (Å²) < 4.78 is 20.8. The fourth-order valence-electron chi connectivity index (χ4n) is 13.4. The third-order valence-electron chi connectivity index (χ3n) is 17.9. The van der Waals surface area contributed by atoms with Crippen molar-refractivity contribution in [3.05, 3.63) is 103 Å². The number of fused-ring (bicyclic) bond motifs is 2. The number of nitrogen functional groups attached to an aromatic ring is 2. The van der Waals surface area contributed by atoms with Crippen molar-refractivity contribution in [3.63, 3.8) is 0 Å². The quantitative estimate of drug-likeness (QED) is 0.0669. The van der Waals surface area contributed by atoms with E-state index in [1.807, 2.05) is 75.5 Å². The number of likely N-dealkylation sites (tertiary alicyclic amines) is 2. The molecular formula is C60H76N14O7. The number of hydrogen-bond donors (Lipinski definition) is 5. The molecule has 0 spiro atoms. The van der Waals surface area contributed by atoms with E-state index < -0.39 is 18.1 Å². The van der Waals surface area contributed by atoms with Gasteiger partial charge in [-0.3, -0.25) is 14.2 Å². The van der Waals surface area contributed by atoms with Gasteiger partial charge < -0.3 is 65.5 Å². The number of phenolic OH excluding ortho intramolecular Hbond substituents is 1. The topological polar surface area (TPSA) is 256 Å². The lowest BCUT2D eigenvalue weighted by molar-refractivity contribution is -0.141. The molecule has 2 bridgehead atoms. The minimum Gasteiger partial charge on any atom is -0.507 e. The number of β-amino-alcohol motifs (C(OH)–C–C–N with tert-alkyl or cyclic N) is 1. The molecule has 9 heterocycles. The first-order chi connectivity index (χ1) is 39.3. The highest BCUT2D eigenvalue weighted by molar-refractivity contribution is 5.91. The molecule has 5 aliphatic heterocycles. The van der Waals surface area contributed by atoms with Crippen LogP contribution in [0.4, 0.5) is 29.0 Å². The van der Waals surface area contributed by atoms with Gasteiger partial charge in [0.25, 0.3) is 0 Å². The van der Waals surface area contributed by atoms with E-state index in [2.05, 4.69) is 62.4 Å². The maximum Gasteiger partial charge on any atom is 0.243 e. The van der Waals surface area contributed by atoms with Crippen LogP contribution in [0.5, 0.6) is 11.6 Å². The molecule has 6 fully saturated rings. The summed E-state index contributed by atoms with van der Waals surface area (Å²) in [6, 6.07) is 22.3. The number of anilines is 5. The second-order valence-corrected chi connectivity index (χ2v) is 23.6. The molecule has 2 amide bonds. The number of carbonyl (C=O) groups is 2. The van der Waals surface area contributed by atoms with Crippen molar-refractivity contribution in [2.24, 2.45) is 11.8 Å². The number of aromatic nitrogens is 6. The zero-order valence-corrected chi connectivity index (χ0v) is 46.5. The number of nitrogens with one attached hydrogen (secondary N) is 1. The van der Waals surface area contributed by atoms with Crippen LogP contribution in [0, 0.1) is 11.8 Å². The fourth-order valence-corrected chi connectivity index (χ4v) is 13.4. The summed E-state index contributed by atoms with van der Waals surface area (Å²) in [4.78, 5) is 48.1. The number of benzene rings is 2. The number of piperidine rings is 2. The van der Waals surface area contributed by atoms with E-state index in [0.29, 0.717) is 52.7 Å². The summed E-state index contributed by atoms with van der Waals surface area (Å²) in [6.07, 6.45) is 13.2. The van der Waals surface area contributed by atoms with Crippen molar-refractivity contribution >= 4 is 40.8 Å². The maximum atomic E-state index is 14.4. The summed E-state index contributed by atoms with van der Waals surface area (Å²) in [5.41, 5.74) is 17.3. The fraction of sp³-hybridized carbons (Fsp3) is 0.517. The molecule has 4 aromatic heterocycles. The number of nitrogens with two attached hydrogens (primary N) is 2. The highest BCUT2D eigenvalue weighted by atomic mass is 16.5. The highest BCUT2D eigenvalue weighted by Crippen LogP contribution is 2.41. The number of para-hydroxylation sites is 1. The monoisotopic (exact) mass is 1100 g/mol. The first-order valence-electron chi connectivity index (χ1n) is 29.1. The van der Waals surface area contributed by atoms with Crippen LogP contribution in [-0.2, 0) is 14.3 Å². The number of ether oxygens (including phenoxy) is 2. The van der Waals surface area contributed by atoms with Gasteiger partial charge in [0, 0.05) is 131 Å². The lowest BCUT2D eigenvalue weighted by Crippen LogP contribution is -2.54. The van der Waals surface area contributed by atoms with E-state index in [0.717, 1.165) is 126 Å². The van der Waals surface area contributed by atoms with Gasteiger partial charge in [0.1, 0.15) is 23.8 Å². The lowest BCUT2D eigenvalue weighted by Gasteiger charge is -2.43. The Labute approximate surface area is 472 Å². The predicted octanol–water partition coefficient (Wildman–Crippen LogP) is 6.33. The maximum absolute atomic E-state index is 14.4. The molecule has 5 saturated heterocycles. The summed E-state index contributed by atoms with van der Waals surface area (Å²) in [5.74, 6) is 2.00. The van der Waals surface area contributed by atoms with Gasteiger partial charge >= 0.3 is 0 Å². The molecule has 2 aromatic carbocycles. The number of hydrogen-bond acceptors (Lipinski definition) is 18. The molecule has 0 radical (unpaired) electrons. The number of piperazine rings is 1. The average Bonchev–Trinajstić information content (AvgIpc) is 4.30. The standard InChI is InChI=1S/C60H76N14O7/c1-36(2)56(59(78)73-35-44(75)27-51(73)58(77)65-37(3)39-8-10-40(11-9-39)72-25-20-64-60(72)62)53-31-54(68-81-53)70-23-15-38(16-24-70)32-69-21-17-45(18-22-69)79-46-28-47(29-46)80-55-26-41(14-19-63-55)74-42-12-13-43(74)34-71(33-42)50-30-49(66-67-57(50)61)48-6-4-5-7-52(48)76/h4-11,14,19-20,25-26,30-31,36-38,42-47,51,56,75-76H,12-13,15-18,21-24,27-29,32-35H2,1-3H3,(H2,61,67)(H2,62,64)(H,65,77)/t37-,42?,43?,44+,46-,47-,51-,56+/m0/s1. The van der Waals surface area contributed by atoms with Gasteiger partial charge in [0.15, 0.2) is 17.4 Å². The second-order valence-electron chi connectivity index (χ2n) is 23.6. The Balaban J connectivity index is 0.564. The number of nitrogens with zero attached hydrogens (tertiary/aromatic N) is 11. The molecule has 21 nitrogen and oxygen atoms in total. The zero-order chi connectivity index (χ0) is 55.9. The summed E-state index contributed by atoms with van der Waals surface area (Å²) >= 11 is 0. The van der Waals surface area contributed by atoms with Gasteiger partial charge in [-0.05, 0) is 99.2 Å². The number of aromatic hydroxyl groups is 1. The van der Waals surface area contributed by atoms with Gasteiger partial charge in [-0.1, -0.05) is 43.3 Å². The van der Waals surface area contributed by atoms with E-state index in [9.17, 15) is 19.8 Å². The molecule has 1 aliphatic carbocycles. The second kappa shape index (κ2) is 23.2. The summed E-state index contributed by atoms with van der Waals surface area (Å²) in [6.45, 7) is 12.3. The van der Waals surface area contributed by atoms with Crippen molar-refractivity contribution in [1.29, 1.82) is 0 Å². The predicted molar refractivity (Wildman–Crippen MR) is 307 cm³/mol. The Hall–Kier alpha value is -7.49. The van der Waals surface area contributed by atoms with E-state index in [1.54, 1.807) is 29.1 Å². The highest BCUT2D eigenvalue weighted by Gasteiger charge is 2.45. The van der Waals surface area contributed by atoms with E-state index >= 15 is 0 Å². The minimum atomic E-state index is -0.823. The Bertz CT molecular complexity index is 3140. The molecule has 1 saturated carbocycles. The first kappa shape index (κ1) is 54.1. The van der Waals surface area contributed by atoms with Crippen LogP contribution in [0.2, 0.25) is 0 Å². The third kappa shape index (κ3) is 11.6. The Morgan fingerprint density at radius 2 is 1.54 bits per heavy atom. The number of carbonyl (C=O) groups excluding carboxylic acids is 2. The van der Waals surface area contributed by atoms with E-state index in [1.165, 1.54) is 4.90 Å². The van der Waals surface area contributed by atoms with E-state index in [4.69, 9.17) is 25.5 Å². The number of rotatable bonds is 17. The summed E-state index contributed by atoms with van der Waals surface area (Å²) in [5, 5.41) is 37.4. The van der Waals surface area contributed by atoms with Crippen LogP contribution in [0.1, 0.15) is 102 Å². The van der Waals surface area contributed by atoms with E-state index in [-0.39, 0.29) is 60.8 Å². The molecule has 7 N–H and O–H groups in total. The van der Waals surface area contributed by atoms with Crippen molar-refractivity contribution in [2.75, 3.05) is 78.5 Å². The Morgan fingerprint density at radius 3 is 2.26 bits per heavy atom. The van der Waals surface area contributed by atoms with Crippen LogP contribution in [0.15, 0.2) is 95.9 Å². The van der Waals surface area contributed by atoms with Crippen molar-refractivity contribution < 1.29 is 33.8 Å².